The molecular formula is C14H15N3O3. The maximum Gasteiger partial charge on any atom is 0.269 e. The zero-order valence-electron chi connectivity index (χ0n) is 10.9. The lowest BCUT2D eigenvalue weighted by atomic mass is 9.95. The predicted molar refractivity (Wildman–Crippen MR) is 74.9 cm³/mol. The van der Waals surface area contributed by atoms with Crippen molar-refractivity contribution in [3.8, 4) is 0 Å². The second-order valence-electron chi connectivity index (χ2n) is 4.69. The third-order valence-electron chi connectivity index (χ3n) is 3.16. The van der Waals surface area contributed by atoms with Crippen molar-refractivity contribution in [3.63, 3.8) is 0 Å². The first-order valence-corrected chi connectivity index (χ1v) is 6.18. The van der Waals surface area contributed by atoms with Crippen LogP contribution in [0.4, 0.5) is 5.69 Å². The molecule has 0 saturated carbocycles. The van der Waals surface area contributed by atoms with E-state index in [1.54, 1.807) is 6.08 Å². The molecule has 1 aliphatic carbocycles. The van der Waals surface area contributed by atoms with Crippen LogP contribution >= 0.6 is 0 Å². The van der Waals surface area contributed by atoms with Gasteiger partial charge in [0.1, 0.15) is 0 Å². The highest BCUT2D eigenvalue weighted by Crippen LogP contribution is 2.16. The minimum absolute atomic E-state index is 0.0387. The number of rotatable bonds is 3. The number of carbonyl (C=O) groups is 1. The molecule has 104 valence electrons. The van der Waals surface area contributed by atoms with Crippen molar-refractivity contribution in [1.82, 2.24) is 5.32 Å². The molecule has 0 radical (unpaired) electrons. The summed E-state index contributed by atoms with van der Waals surface area (Å²) in [6, 6.07) is 5.37. The molecule has 3 N–H and O–H groups in total. The second-order valence-corrected chi connectivity index (χ2v) is 4.69. The molecule has 2 rings (SSSR count). The van der Waals surface area contributed by atoms with Gasteiger partial charge in [-0.05, 0) is 18.2 Å². The van der Waals surface area contributed by atoms with Gasteiger partial charge in [-0.1, -0.05) is 19.1 Å². The quantitative estimate of drug-likeness (QED) is 0.647. The largest absolute Gasteiger partial charge is 0.399 e. The van der Waals surface area contributed by atoms with Gasteiger partial charge in [0.15, 0.2) is 0 Å². The molecule has 1 aliphatic rings. The van der Waals surface area contributed by atoms with Crippen LogP contribution in [0.5, 0.6) is 0 Å². The average molecular weight is 273 g/mol. The third-order valence-corrected chi connectivity index (χ3v) is 3.16. The van der Waals surface area contributed by atoms with Gasteiger partial charge in [-0.15, -0.1) is 0 Å². The van der Waals surface area contributed by atoms with E-state index in [1.807, 2.05) is 19.1 Å². The predicted octanol–water partition coefficient (Wildman–Crippen LogP) is 1.74. The summed E-state index contributed by atoms with van der Waals surface area (Å²) in [4.78, 5) is 22.1. The molecule has 6 heteroatoms. The lowest BCUT2D eigenvalue weighted by Crippen LogP contribution is -2.38. The van der Waals surface area contributed by atoms with Crippen LogP contribution in [-0.4, -0.2) is 16.9 Å². The van der Waals surface area contributed by atoms with Gasteiger partial charge in [-0.3, -0.25) is 14.9 Å². The normalized spacial score (nSPS) is 21.1. The van der Waals surface area contributed by atoms with Gasteiger partial charge in [0, 0.05) is 29.3 Å². The summed E-state index contributed by atoms with van der Waals surface area (Å²) in [6.45, 7) is 1.96. The fourth-order valence-corrected chi connectivity index (χ4v) is 2.00. The van der Waals surface area contributed by atoms with E-state index in [2.05, 4.69) is 5.32 Å². The minimum Gasteiger partial charge on any atom is -0.399 e. The topological polar surface area (TPSA) is 98.3 Å². The van der Waals surface area contributed by atoms with Crippen molar-refractivity contribution in [2.24, 2.45) is 11.7 Å². The van der Waals surface area contributed by atoms with Crippen LogP contribution < -0.4 is 11.1 Å². The molecule has 1 amide bonds. The van der Waals surface area contributed by atoms with Gasteiger partial charge >= 0.3 is 0 Å². The van der Waals surface area contributed by atoms with Crippen LogP contribution in [0.2, 0.25) is 0 Å². The molecule has 2 atom stereocenters. The number of nitro groups is 1. The van der Waals surface area contributed by atoms with Crippen molar-refractivity contribution < 1.29 is 9.72 Å². The fourth-order valence-electron chi connectivity index (χ4n) is 2.00. The standard InChI is InChI=1S/C14H15N3O3/c1-9-8-11(15)4-7-13(9)16-14(18)10-2-5-12(6-3-10)17(19)20/h2-9,13H,15H2,1H3,(H,16,18). The van der Waals surface area contributed by atoms with Crippen molar-refractivity contribution in [3.05, 3.63) is 63.9 Å². The first-order chi connectivity index (χ1) is 9.47. The Balaban J connectivity index is 2.05. The van der Waals surface area contributed by atoms with Crippen LogP contribution in [0.15, 0.2) is 48.2 Å². The maximum atomic E-state index is 12.1. The van der Waals surface area contributed by atoms with Crippen LogP contribution in [-0.2, 0) is 0 Å². The maximum absolute atomic E-state index is 12.1. The highest BCUT2D eigenvalue weighted by Gasteiger charge is 2.19. The number of benzene rings is 1. The Morgan fingerprint density at radius 3 is 2.55 bits per heavy atom. The Hall–Kier alpha value is -2.63. The van der Waals surface area contributed by atoms with E-state index >= 15 is 0 Å². The number of nitrogens with one attached hydrogen (secondary N) is 1. The summed E-state index contributed by atoms with van der Waals surface area (Å²) in [7, 11) is 0. The van der Waals surface area contributed by atoms with Crippen LogP contribution in [0.3, 0.4) is 0 Å². The van der Waals surface area contributed by atoms with Gasteiger partial charge < -0.3 is 11.1 Å². The van der Waals surface area contributed by atoms with Gasteiger partial charge in [0.05, 0.1) is 11.0 Å². The van der Waals surface area contributed by atoms with Gasteiger partial charge in [-0.25, -0.2) is 0 Å². The zero-order chi connectivity index (χ0) is 14.7. The monoisotopic (exact) mass is 273 g/mol. The molecule has 6 nitrogen and oxygen atoms in total. The Morgan fingerprint density at radius 2 is 2.00 bits per heavy atom. The Kier molecular flexibility index (Phi) is 3.84. The molecule has 0 aliphatic heterocycles. The molecule has 2 unspecified atom stereocenters. The lowest BCUT2D eigenvalue weighted by molar-refractivity contribution is -0.384. The van der Waals surface area contributed by atoms with Crippen molar-refractivity contribution in [2.75, 3.05) is 0 Å². The average Bonchev–Trinajstić information content (AvgIpc) is 2.42. The summed E-state index contributed by atoms with van der Waals surface area (Å²) in [5, 5.41) is 13.4. The van der Waals surface area contributed by atoms with E-state index in [0.717, 1.165) is 0 Å². The number of nitro benzene ring substituents is 1. The number of amides is 1. The van der Waals surface area contributed by atoms with Crippen LogP contribution in [0.1, 0.15) is 17.3 Å². The number of carbonyl (C=O) groups excluding carboxylic acids is 1. The van der Waals surface area contributed by atoms with E-state index in [0.29, 0.717) is 11.3 Å². The van der Waals surface area contributed by atoms with E-state index in [-0.39, 0.29) is 23.6 Å². The van der Waals surface area contributed by atoms with Gasteiger partial charge in [0.2, 0.25) is 0 Å². The molecule has 0 aromatic heterocycles. The molecule has 1 aromatic rings. The fraction of sp³-hybridized carbons (Fsp3) is 0.214. The first kappa shape index (κ1) is 13.8. The molecule has 1 aromatic carbocycles. The smallest absolute Gasteiger partial charge is 0.269 e. The SMILES string of the molecule is CC1C=C(N)C=CC1NC(=O)c1ccc([N+](=O)[O-])cc1. The molecule has 0 fully saturated rings. The number of non-ortho nitro benzene ring substituents is 1. The van der Waals surface area contributed by atoms with E-state index in [1.165, 1.54) is 24.3 Å². The molecule has 0 saturated heterocycles. The summed E-state index contributed by atoms with van der Waals surface area (Å²) in [5.74, 6) is -0.169. The van der Waals surface area contributed by atoms with Gasteiger partial charge in [0.25, 0.3) is 11.6 Å². The number of allylic oxidation sites excluding steroid dienone is 1. The van der Waals surface area contributed by atoms with E-state index in [9.17, 15) is 14.9 Å². The summed E-state index contributed by atoms with van der Waals surface area (Å²) in [6.07, 6.45) is 5.46. The third kappa shape index (κ3) is 3.03. The molecular weight excluding hydrogens is 258 g/mol. The van der Waals surface area contributed by atoms with E-state index in [4.69, 9.17) is 5.73 Å². The second kappa shape index (κ2) is 5.56. The highest BCUT2D eigenvalue weighted by atomic mass is 16.6. The number of nitrogens with two attached hydrogens (primary N) is 1. The first-order valence-electron chi connectivity index (χ1n) is 6.18. The van der Waals surface area contributed by atoms with Crippen LogP contribution in [0, 0.1) is 16.0 Å². The number of hydrogen-bond acceptors (Lipinski definition) is 4. The van der Waals surface area contributed by atoms with Crippen LogP contribution in [0.25, 0.3) is 0 Å². The molecule has 0 bridgehead atoms. The summed E-state index contributed by atoms with van der Waals surface area (Å²) >= 11 is 0. The zero-order valence-corrected chi connectivity index (χ0v) is 10.9. The number of nitrogens with zero attached hydrogens (tertiary/aromatic N) is 1. The Labute approximate surface area is 116 Å². The van der Waals surface area contributed by atoms with Crippen molar-refractivity contribution >= 4 is 11.6 Å². The lowest BCUT2D eigenvalue weighted by Gasteiger charge is -2.23. The van der Waals surface area contributed by atoms with E-state index < -0.39 is 4.92 Å². The molecule has 0 spiro atoms. The Bertz CT molecular complexity index is 590. The van der Waals surface area contributed by atoms with Gasteiger partial charge in [-0.2, -0.15) is 0 Å². The van der Waals surface area contributed by atoms with Crippen molar-refractivity contribution in [2.45, 2.75) is 13.0 Å². The number of hydrogen-bond donors (Lipinski definition) is 2. The van der Waals surface area contributed by atoms with Crippen molar-refractivity contribution in [1.29, 1.82) is 0 Å². The highest BCUT2D eigenvalue weighted by molar-refractivity contribution is 5.94. The summed E-state index contributed by atoms with van der Waals surface area (Å²) in [5.41, 5.74) is 6.70. The minimum atomic E-state index is -0.499. The molecule has 20 heavy (non-hydrogen) atoms. The summed E-state index contributed by atoms with van der Waals surface area (Å²) < 4.78 is 0. The molecule has 0 heterocycles. The Morgan fingerprint density at radius 1 is 1.35 bits per heavy atom.